The third-order valence-electron chi connectivity index (χ3n) is 4.66. The van der Waals surface area contributed by atoms with Crippen molar-refractivity contribution in [2.75, 3.05) is 6.54 Å². The number of nitrogens with zero attached hydrogens (tertiary/aromatic N) is 1. The number of benzene rings is 2. The zero-order chi connectivity index (χ0) is 23.3. The zero-order valence-electron chi connectivity index (χ0n) is 17.5. The van der Waals surface area contributed by atoms with Gasteiger partial charge in [0.05, 0.1) is 15.5 Å². The van der Waals surface area contributed by atoms with Crippen molar-refractivity contribution in [3.8, 4) is 5.75 Å². The van der Waals surface area contributed by atoms with Gasteiger partial charge >= 0.3 is 5.97 Å². The Morgan fingerprint density at radius 1 is 1.25 bits per heavy atom. The highest BCUT2D eigenvalue weighted by molar-refractivity contribution is 9.10. The quantitative estimate of drug-likeness (QED) is 0.300. The van der Waals surface area contributed by atoms with E-state index in [0.717, 1.165) is 22.2 Å². The molecule has 2 aromatic carbocycles. The number of hydrogen-bond acceptors (Lipinski definition) is 6. The third-order valence-corrected chi connectivity index (χ3v) is 6.56. The lowest BCUT2D eigenvalue weighted by molar-refractivity contribution is -0.150. The molecule has 0 radical (unpaired) electrons. The molecule has 1 aliphatic rings. The number of imide groups is 1. The van der Waals surface area contributed by atoms with Crippen molar-refractivity contribution < 1.29 is 23.9 Å². The lowest BCUT2D eigenvalue weighted by atomic mass is 10.2. The highest BCUT2D eigenvalue weighted by Crippen LogP contribution is 2.34. The first-order chi connectivity index (χ1) is 15.3. The normalized spacial score (nSPS) is 15.9. The summed E-state index contributed by atoms with van der Waals surface area (Å²) >= 11 is 10.4. The first kappa shape index (κ1) is 24.4. The van der Waals surface area contributed by atoms with E-state index in [4.69, 9.17) is 21.1 Å². The summed E-state index contributed by atoms with van der Waals surface area (Å²) in [5.41, 5.74) is 1.57. The van der Waals surface area contributed by atoms with E-state index in [1.165, 1.54) is 0 Å². The molecule has 9 heteroatoms. The molecule has 0 unspecified atom stereocenters. The van der Waals surface area contributed by atoms with E-state index < -0.39 is 23.7 Å². The smallest absolute Gasteiger partial charge is 0.326 e. The molecule has 1 heterocycles. The van der Waals surface area contributed by atoms with Crippen LogP contribution in [0.4, 0.5) is 4.79 Å². The first-order valence-corrected chi connectivity index (χ1v) is 11.9. The Balaban J connectivity index is 1.67. The maximum atomic E-state index is 12.6. The Morgan fingerprint density at radius 2 is 2.00 bits per heavy atom. The Hall–Kier alpha value is -2.29. The number of esters is 1. The molecule has 0 saturated carbocycles. The van der Waals surface area contributed by atoms with E-state index in [0.29, 0.717) is 33.8 Å². The van der Waals surface area contributed by atoms with Gasteiger partial charge in [-0.2, -0.15) is 0 Å². The molecule has 0 aliphatic carbocycles. The number of rotatable bonds is 8. The van der Waals surface area contributed by atoms with Gasteiger partial charge in [0, 0.05) is 10.6 Å². The summed E-state index contributed by atoms with van der Waals surface area (Å²) < 4.78 is 11.7. The molecule has 0 bridgehead atoms. The summed E-state index contributed by atoms with van der Waals surface area (Å²) in [5, 5.41) is 0.130. The molecule has 1 fully saturated rings. The largest absolute Gasteiger partial charge is 0.488 e. The Morgan fingerprint density at radius 3 is 2.69 bits per heavy atom. The summed E-state index contributed by atoms with van der Waals surface area (Å²) in [7, 11) is 0. The summed E-state index contributed by atoms with van der Waals surface area (Å²) in [6.07, 6.45) is 1.99. The predicted octanol–water partition coefficient (Wildman–Crippen LogP) is 6.06. The van der Waals surface area contributed by atoms with E-state index in [1.54, 1.807) is 37.3 Å². The van der Waals surface area contributed by atoms with Gasteiger partial charge in [-0.15, -0.1) is 0 Å². The van der Waals surface area contributed by atoms with Crippen molar-refractivity contribution in [1.29, 1.82) is 0 Å². The van der Waals surface area contributed by atoms with Gasteiger partial charge in [0.25, 0.3) is 11.1 Å². The van der Waals surface area contributed by atoms with E-state index in [1.807, 2.05) is 25.1 Å². The molecule has 1 saturated heterocycles. The molecular formula is C23H21BrClNO5S. The molecule has 6 nitrogen and oxygen atoms in total. The number of carbonyl (C=O) groups is 3. The van der Waals surface area contributed by atoms with Gasteiger partial charge in [0.1, 0.15) is 18.9 Å². The molecule has 0 spiro atoms. The molecule has 1 atom stereocenters. The van der Waals surface area contributed by atoms with Crippen molar-refractivity contribution in [3.05, 3.63) is 68.0 Å². The maximum Gasteiger partial charge on any atom is 0.326 e. The van der Waals surface area contributed by atoms with Gasteiger partial charge in [0.2, 0.25) is 0 Å². The summed E-state index contributed by atoms with van der Waals surface area (Å²) in [4.78, 5) is 37.9. The average Bonchev–Trinajstić information content (AvgIpc) is 3.01. The second-order valence-corrected chi connectivity index (χ2v) is 9.30. The van der Waals surface area contributed by atoms with Crippen LogP contribution in [0.15, 0.2) is 51.8 Å². The van der Waals surface area contributed by atoms with E-state index in [-0.39, 0.29) is 11.0 Å². The second-order valence-electron chi connectivity index (χ2n) is 7.05. The standard InChI is InChI=1S/C23H21BrClNO5S/c1-3-14(2)31-21(27)12-26-22(28)20(32-23(26)29)11-15-8-9-19(17(24)10-15)30-13-16-6-4-5-7-18(16)25/h4-11,14H,3,12-13H2,1-2H3/b20-11+/t14-/m0/s1. The molecule has 0 N–H and O–H groups in total. The van der Waals surface area contributed by atoms with Crippen LogP contribution in [0.25, 0.3) is 6.08 Å². The van der Waals surface area contributed by atoms with Gasteiger partial charge < -0.3 is 9.47 Å². The number of thioether (sulfide) groups is 1. The number of halogens is 2. The van der Waals surface area contributed by atoms with Crippen molar-refractivity contribution in [2.45, 2.75) is 33.0 Å². The minimum atomic E-state index is -0.606. The van der Waals surface area contributed by atoms with Crippen molar-refractivity contribution in [2.24, 2.45) is 0 Å². The molecule has 0 aromatic heterocycles. The fourth-order valence-corrected chi connectivity index (χ4v) is 4.30. The van der Waals surface area contributed by atoms with E-state index in [9.17, 15) is 14.4 Å². The van der Waals surface area contributed by atoms with Crippen LogP contribution in [-0.4, -0.2) is 34.7 Å². The molecule has 32 heavy (non-hydrogen) atoms. The topological polar surface area (TPSA) is 72.9 Å². The number of carbonyl (C=O) groups excluding carboxylic acids is 3. The summed E-state index contributed by atoms with van der Waals surface area (Å²) in [6, 6.07) is 12.8. The van der Waals surface area contributed by atoms with E-state index in [2.05, 4.69) is 15.9 Å². The van der Waals surface area contributed by atoms with Crippen LogP contribution in [0, 0.1) is 0 Å². The van der Waals surface area contributed by atoms with Gasteiger partial charge in [-0.25, -0.2) is 0 Å². The van der Waals surface area contributed by atoms with Gasteiger partial charge in [-0.05, 0) is 70.9 Å². The van der Waals surface area contributed by atoms with Crippen LogP contribution >= 0.6 is 39.3 Å². The zero-order valence-corrected chi connectivity index (χ0v) is 20.6. The Bertz CT molecular complexity index is 1070. The summed E-state index contributed by atoms with van der Waals surface area (Å²) in [5.74, 6) is -0.509. The minimum Gasteiger partial charge on any atom is -0.488 e. The van der Waals surface area contributed by atoms with Crippen LogP contribution in [0.1, 0.15) is 31.4 Å². The number of hydrogen-bond donors (Lipinski definition) is 0. The molecular weight excluding hydrogens is 518 g/mol. The van der Waals surface area contributed by atoms with Crippen LogP contribution < -0.4 is 4.74 Å². The Kier molecular flexibility index (Phi) is 8.39. The fraction of sp³-hybridized carbons (Fsp3) is 0.261. The first-order valence-electron chi connectivity index (χ1n) is 9.89. The molecule has 168 valence electrons. The van der Waals surface area contributed by atoms with Gasteiger partial charge in [0.15, 0.2) is 0 Å². The minimum absolute atomic E-state index is 0.239. The van der Waals surface area contributed by atoms with Gasteiger partial charge in [-0.1, -0.05) is 42.8 Å². The highest BCUT2D eigenvalue weighted by atomic mass is 79.9. The lowest BCUT2D eigenvalue weighted by Gasteiger charge is -2.14. The average molecular weight is 539 g/mol. The second kappa shape index (κ2) is 11.0. The SMILES string of the molecule is CC[C@H](C)OC(=O)CN1C(=O)S/C(=C/c2ccc(OCc3ccccc3Cl)c(Br)c2)C1=O. The fourth-order valence-electron chi connectivity index (χ4n) is 2.76. The van der Waals surface area contributed by atoms with Crippen molar-refractivity contribution >= 4 is 62.5 Å². The summed E-state index contributed by atoms with van der Waals surface area (Å²) in [6.45, 7) is 3.55. The molecule has 2 amide bonds. The van der Waals surface area contributed by atoms with Crippen LogP contribution in [0.5, 0.6) is 5.75 Å². The number of ether oxygens (including phenoxy) is 2. The predicted molar refractivity (Wildman–Crippen MR) is 128 cm³/mol. The monoisotopic (exact) mass is 537 g/mol. The van der Waals surface area contributed by atoms with Crippen molar-refractivity contribution in [1.82, 2.24) is 4.90 Å². The van der Waals surface area contributed by atoms with Crippen LogP contribution in [0.2, 0.25) is 5.02 Å². The molecule has 3 rings (SSSR count). The van der Waals surface area contributed by atoms with Crippen LogP contribution in [-0.2, 0) is 20.9 Å². The highest BCUT2D eigenvalue weighted by Gasteiger charge is 2.36. The van der Waals surface area contributed by atoms with Gasteiger partial charge in [-0.3, -0.25) is 19.3 Å². The molecule has 2 aromatic rings. The van der Waals surface area contributed by atoms with Crippen LogP contribution in [0.3, 0.4) is 0 Å². The number of amides is 2. The third kappa shape index (κ3) is 6.15. The lowest BCUT2D eigenvalue weighted by Crippen LogP contribution is -2.35. The van der Waals surface area contributed by atoms with Crippen molar-refractivity contribution in [3.63, 3.8) is 0 Å². The maximum absolute atomic E-state index is 12.6. The van der Waals surface area contributed by atoms with E-state index >= 15 is 0 Å². The Labute approximate surface area is 204 Å². The molecule has 1 aliphatic heterocycles.